The fourth-order valence-corrected chi connectivity index (χ4v) is 1.66. The molecule has 0 radical (unpaired) electrons. The van der Waals surface area contributed by atoms with E-state index in [9.17, 15) is 9.59 Å². The van der Waals surface area contributed by atoms with Crippen LogP contribution in [0.25, 0.3) is 0 Å². The molecule has 1 amide bonds. The Morgan fingerprint density at radius 2 is 1.80 bits per heavy atom. The van der Waals surface area contributed by atoms with Crippen molar-refractivity contribution in [3.05, 3.63) is 23.8 Å². The second-order valence-corrected chi connectivity index (χ2v) is 4.04. The molecular formula is C14H19NO5. The van der Waals surface area contributed by atoms with Crippen molar-refractivity contribution in [2.75, 3.05) is 34.4 Å². The van der Waals surface area contributed by atoms with E-state index in [4.69, 9.17) is 14.2 Å². The van der Waals surface area contributed by atoms with Crippen LogP contribution in [0.1, 0.15) is 17.3 Å². The highest BCUT2D eigenvalue weighted by molar-refractivity contribution is 5.96. The third-order valence-electron chi connectivity index (χ3n) is 2.65. The summed E-state index contributed by atoms with van der Waals surface area (Å²) in [4.78, 5) is 24.8. The number of esters is 1. The second kappa shape index (κ2) is 7.37. The van der Waals surface area contributed by atoms with Crippen LogP contribution in [0.15, 0.2) is 18.2 Å². The summed E-state index contributed by atoms with van der Waals surface area (Å²) in [7, 11) is 4.55. The molecule has 0 N–H and O–H groups in total. The molecule has 20 heavy (non-hydrogen) atoms. The van der Waals surface area contributed by atoms with Gasteiger partial charge in [-0.05, 0) is 25.1 Å². The lowest BCUT2D eigenvalue weighted by Gasteiger charge is -2.17. The molecular weight excluding hydrogens is 262 g/mol. The van der Waals surface area contributed by atoms with Crippen LogP contribution in [0, 0.1) is 0 Å². The van der Waals surface area contributed by atoms with Crippen molar-refractivity contribution in [1.29, 1.82) is 0 Å². The van der Waals surface area contributed by atoms with Gasteiger partial charge in [0.1, 0.15) is 6.54 Å². The predicted molar refractivity (Wildman–Crippen MR) is 73.1 cm³/mol. The van der Waals surface area contributed by atoms with Gasteiger partial charge in [-0.25, -0.2) is 0 Å². The van der Waals surface area contributed by atoms with Crippen molar-refractivity contribution >= 4 is 11.9 Å². The van der Waals surface area contributed by atoms with E-state index in [1.54, 1.807) is 25.1 Å². The third kappa shape index (κ3) is 3.88. The molecule has 0 saturated heterocycles. The first-order chi connectivity index (χ1) is 9.53. The number of benzene rings is 1. The molecule has 6 nitrogen and oxygen atoms in total. The van der Waals surface area contributed by atoms with Gasteiger partial charge >= 0.3 is 5.97 Å². The van der Waals surface area contributed by atoms with Crippen molar-refractivity contribution in [2.24, 2.45) is 0 Å². The molecule has 0 aromatic heterocycles. The van der Waals surface area contributed by atoms with Gasteiger partial charge in [-0.3, -0.25) is 9.59 Å². The van der Waals surface area contributed by atoms with E-state index >= 15 is 0 Å². The summed E-state index contributed by atoms with van der Waals surface area (Å²) < 4.78 is 15.0. The van der Waals surface area contributed by atoms with Crippen molar-refractivity contribution in [1.82, 2.24) is 4.90 Å². The van der Waals surface area contributed by atoms with E-state index < -0.39 is 5.97 Å². The Labute approximate surface area is 118 Å². The number of hydrogen-bond donors (Lipinski definition) is 0. The number of ether oxygens (including phenoxy) is 3. The lowest BCUT2D eigenvalue weighted by atomic mass is 10.1. The number of carbonyl (C=O) groups excluding carboxylic acids is 2. The van der Waals surface area contributed by atoms with Crippen LogP contribution in [0.3, 0.4) is 0 Å². The Hall–Kier alpha value is -2.24. The maximum absolute atomic E-state index is 12.2. The van der Waals surface area contributed by atoms with Gasteiger partial charge in [0.2, 0.25) is 0 Å². The zero-order valence-corrected chi connectivity index (χ0v) is 12.1. The Kier molecular flexibility index (Phi) is 5.83. The molecule has 1 aromatic rings. The largest absolute Gasteiger partial charge is 0.493 e. The van der Waals surface area contributed by atoms with Crippen molar-refractivity contribution in [3.8, 4) is 11.5 Å². The maximum atomic E-state index is 12.2. The van der Waals surface area contributed by atoms with Crippen LogP contribution in [0.2, 0.25) is 0 Å². The van der Waals surface area contributed by atoms with Crippen LogP contribution in [0.4, 0.5) is 0 Å². The number of amides is 1. The summed E-state index contributed by atoms with van der Waals surface area (Å²) in [5.41, 5.74) is 0.412. The molecule has 0 heterocycles. The van der Waals surface area contributed by atoms with E-state index in [-0.39, 0.29) is 19.1 Å². The fraction of sp³-hybridized carbons (Fsp3) is 0.429. The molecule has 0 aliphatic carbocycles. The van der Waals surface area contributed by atoms with E-state index in [0.29, 0.717) is 17.1 Å². The van der Waals surface area contributed by atoms with Gasteiger partial charge in [-0.2, -0.15) is 0 Å². The highest BCUT2D eigenvalue weighted by atomic mass is 16.5. The first-order valence-corrected chi connectivity index (χ1v) is 6.16. The van der Waals surface area contributed by atoms with E-state index in [1.807, 2.05) is 0 Å². The van der Waals surface area contributed by atoms with Gasteiger partial charge in [0.15, 0.2) is 11.5 Å². The maximum Gasteiger partial charge on any atom is 0.325 e. The van der Waals surface area contributed by atoms with Gasteiger partial charge in [-0.1, -0.05) is 0 Å². The SMILES string of the molecule is CCOC(=O)CN(C)C(=O)c1ccc(OC)c(OC)c1. The average Bonchev–Trinajstić information content (AvgIpc) is 2.45. The molecule has 1 aromatic carbocycles. The minimum Gasteiger partial charge on any atom is -0.493 e. The van der Waals surface area contributed by atoms with E-state index in [1.165, 1.54) is 26.2 Å². The van der Waals surface area contributed by atoms with Crippen molar-refractivity contribution in [2.45, 2.75) is 6.92 Å². The van der Waals surface area contributed by atoms with Crippen molar-refractivity contribution in [3.63, 3.8) is 0 Å². The topological polar surface area (TPSA) is 65.1 Å². The number of likely N-dealkylation sites (N-methyl/N-ethyl adjacent to an activating group) is 1. The molecule has 0 aliphatic rings. The van der Waals surface area contributed by atoms with E-state index in [0.717, 1.165) is 0 Å². The Bertz CT molecular complexity index is 486. The lowest BCUT2D eigenvalue weighted by Crippen LogP contribution is -2.33. The minimum atomic E-state index is -0.441. The number of rotatable bonds is 6. The summed E-state index contributed by atoms with van der Waals surface area (Å²) in [6, 6.07) is 4.83. The molecule has 0 aliphatic heterocycles. The number of nitrogens with zero attached hydrogens (tertiary/aromatic N) is 1. The van der Waals surface area contributed by atoms with Gasteiger partial charge in [0, 0.05) is 12.6 Å². The molecule has 110 valence electrons. The van der Waals surface area contributed by atoms with E-state index in [2.05, 4.69) is 0 Å². The number of hydrogen-bond acceptors (Lipinski definition) is 5. The highest BCUT2D eigenvalue weighted by Gasteiger charge is 2.17. The summed E-state index contributed by atoms with van der Waals surface area (Å²) in [5.74, 6) is 0.266. The first-order valence-electron chi connectivity index (χ1n) is 6.16. The predicted octanol–water partition coefficient (Wildman–Crippen LogP) is 1.34. The van der Waals surface area contributed by atoms with Crippen molar-refractivity contribution < 1.29 is 23.8 Å². The zero-order valence-electron chi connectivity index (χ0n) is 12.1. The summed E-state index contributed by atoms with van der Waals surface area (Å²) >= 11 is 0. The van der Waals surface area contributed by atoms with Crippen LogP contribution in [-0.4, -0.2) is 51.2 Å². The summed E-state index contributed by atoms with van der Waals surface area (Å²) in [6.45, 7) is 1.91. The molecule has 0 atom stereocenters. The fourth-order valence-electron chi connectivity index (χ4n) is 1.66. The first kappa shape index (κ1) is 15.8. The Morgan fingerprint density at radius 3 is 2.35 bits per heavy atom. The number of methoxy groups -OCH3 is 2. The normalized spacial score (nSPS) is 9.80. The second-order valence-electron chi connectivity index (χ2n) is 4.04. The lowest BCUT2D eigenvalue weighted by molar-refractivity contribution is -0.143. The molecule has 0 bridgehead atoms. The number of carbonyl (C=O) groups is 2. The molecule has 0 fully saturated rings. The molecule has 0 saturated carbocycles. The molecule has 6 heteroatoms. The zero-order chi connectivity index (χ0) is 15.1. The third-order valence-corrected chi connectivity index (χ3v) is 2.65. The molecule has 0 spiro atoms. The van der Waals surface area contributed by atoms with Crippen LogP contribution < -0.4 is 9.47 Å². The average molecular weight is 281 g/mol. The smallest absolute Gasteiger partial charge is 0.325 e. The Morgan fingerprint density at radius 1 is 1.15 bits per heavy atom. The summed E-state index contributed by atoms with van der Waals surface area (Å²) in [6.07, 6.45) is 0. The van der Waals surface area contributed by atoms with Gasteiger partial charge in [-0.15, -0.1) is 0 Å². The van der Waals surface area contributed by atoms with Gasteiger partial charge < -0.3 is 19.1 Å². The standard InChI is InChI=1S/C14H19NO5/c1-5-20-13(16)9-15(2)14(17)10-6-7-11(18-3)12(8-10)19-4/h6-8H,5,9H2,1-4H3. The molecule has 1 rings (SSSR count). The Balaban J connectivity index is 2.83. The van der Waals surface area contributed by atoms with Crippen LogP contribution >= 0.6 is 0 Å². The quantitative estimate of drug-likeness (QED) is 0.736. The minimum absolute atomic E-state index is 0.0962. The van der Waals surface area contributed by atoms with Crippen LogP contribution in [-0.2, 0) is 9.53 Å². The summed E-state index contributed by atoms with van der Waals surface area (Å²) in [5, 5.41) is 0. The van der Waals surface area contributed by atoms with Gasteiger partial charge in [0.05, 0.1) is 20.8 Å². The monoisotopic (exact) mass is 281 g/mol. The highest BCUT2D eigenvalue weighted by Crippen LogP contribution is 2.27. The van der Waals surface area contributed by atoms with Crippen LogP contribution in [0.5, 0.6) is 11.5 Å². The molecule has 0 unspecified atom stereocenters. The van der Waals surface area contributed by atoms with Gasteiger partial charge in [0.25, 0.3) is 5.91 Å².